The molecule has 0 radical (unpaired) electrons. The van der Waals surface area contributed by atoms with Crippen LogP contribution in [0.15, 0.2) is 22.7 Å². The van der Waals surface area contributed by atoms with Gasteiger partial charge in [0.2, 0.25) is 5.91 Å². The van der Waals surface area contributed by atoms with Crippen molar-refractivity contribution in [3.05, 3.63) is 34.1 Å². The molecule has 1 aromatic rings. The fourth-order valence-corrected chi connectivity index (χ4v) is 2.92. The molecule has 19 heavy (non-hydrogen) atoms. The highest BCUT2D eigenvalue weighted by molar-refractivity contribution is 9.10. The Labute approximate surface area is 121 Å². The number of carbonyl (C=O) groups excluding carboxylic acids is 1. The van der Waals surface area contributed by atoms with Gasteiger partial charge in [-0.1, -0.05) is 22.0 Å². The smallest absolute Gasteiger partial charge is 0.222 e. The Morgan fingerprint density at radius 1 is 1.47 bits per heavy atom. The highest BCUT2D eigenvalue weighted by atomic mass is 79.9. The van der Waals surface area contributed by atoms with Gasteiger partial charge in [0.1, 0.15) is 5.82 Å². The molecule has 1 N–H and O–H groups in total. The van der Waals surface area contributed by atoms with Gasteiger partial charge in [-0.25, -0.2) is 4.39 Å². The van der Waals surface area contributed by atoms with Gasteiger partial charge < -0.3 is 5.32 Å². The zero-order chi connectivity index (χ0) is 13.8. The molecule has 0 spiro atoms. The van der Waals surface area contributed by atoms with E-state index in [2.05, 4.69) is 26.1 Å². The Kier molecular flexibility index (Phi) is 4.93. The van der Waals surface area contributed by atoms with Crippen LogP contribution in [0, 0.1) is 11.7 Å². The van der Waals surface area contributed by atoms with Gasteiger partial charge in [-0.05, 0) is 43.6 Å². The van der Waals surface area contributed by atoms with Crippen LogP contribution in [0.25, 0.3) is 0 Å². The minimum Gasteiger partial charge on any atom is -0.359 e. The van der Waals surface area contributed by atoms with E-state index in [-0.39, 0.29) is 17.6 Å². The van der Waals surface area contributed by atoms with Crippen molar-refractivity contribution in [2.75, 3.05) is 20.1 Å². The van der Waals surface area contributed by atoms with Crippen LogP contribution in [-0.2, 0) is 11.3 Å². The van der Waals surface area contributed by atoms with E-state index in [1.165, 1.54) is 12.1 Å². The lowest BCUT2D eigenvalue weighted by Gasteiger charge is -2.31. The predicted molar refractivity (Wildman–Crippen MR) is 76.2 cm³/mol. The van der Waals surface area contributed by atoms with Crippen molar-refractivity contribution >= 4 is 21.8 Å². The fourth-order valence-electron chi connectivity index (χ4n) is 2.45. The third-order valence-electron chi connectivity index (χ3n) is 3.61. The molecule has 1 aromatic carbocycles. The maximum absolute atomic E-state index is 13.0. The first-order valence-electron chi connectivity index (χ1n) is 6.48. The highest BCUT2D eigenvalue weighted by Gasteiger charge is 2.24. The number of rotatable bonds is 3. The van der Waals surface area contributed by atoms with Crippen molar-refractivity contribution in [2.24, 2.45) is 5.92 Å². The van der Waals surface area contributed by atoms with Crippen molar-refractivity contribution in [2.45, 2.75) is 19.4 Å². The summed E-state index contributed by atoms with van der Waals surface area (Å²) in [4.78, 5) is 13.8. The Morgan fingerprint density at radius 2 is 2.16 bits per heavy atom. The molecule has 0 atom stereocenters. The van der Waals surface area contributed by atoms with E-state index < -0.39 is 0 Å². The first kappa shape index (κ1) is 14.5. The van der Waals surface area contributed by atoms with Crippen LogP contribution in [0.5, 0.6) is 0 Å². The van der Waals surface area contributed by atoms with E-state index in [1.807, 2.05) is 6.07 Å². The number of nitrogens with one attached hydrogen (secondary N) is 1. The number of piperidine rings is 1. The molecule has 0 aliphatic carbocycles. The van der Waals surface area contributed by atoms with E-state index in [4.69, 9.17) is 0 Å². The lowest BCUT2D eigenvalue weighted by atomic mass is 9.95. The van der Waals surface area contributed by atoms with Crippen molar-refractivity contribution < 1.29 is 9.18 Å². The first-order chi connectivity index (χ1) is 9.10. The largest absolute Gasteiger partial charge is 0.359 e. The summed E-state index contributed by atoms with van der Waals surface area (Å²) < 4.78 is 13.8. The number of hydrogen-bond donors (Lipinski definition) is 1. The quantitative estimate of drug-likeness (QED) is 0.924. The average Bonchev–Trinajstić information content (AvgIpc) is 2.42. The standard InChI is InChI=1S/C14H18BrFN2O/c1-17-14(19)10-4-6-18(7-5-10)9-11-2-3-12(16)8-13(11)15/h2-3,8,10H,4-7,9H2,1H3,(H,17,19). The van der Waals surface area contributed by atoms with Crippen LogP contribution < -0.4 is 5.32 Å². The summed E-state index contributed by atoms with van der Waals surface area (Å²) in [6.45, 7) is 2.60. The molecule has 1 fully saturated rings. The first-order valence-corrected chi connectivity index (χ1v) is 7.27. The molecular weight excluding hydrogens is 311 g/mol. The number of halogens is 2. The van der Waals surface area contributed by atoms with Gasteiger partial charge in [0, 0.05) is 24.0 Å². The second kappa shape index (κ2) is 6.48. The summed E-state index contributed by atoms with van der Waals surface area (Å²) in [6, 6.07) is 4.79. The summed E-state index contributed by atoms with van der Waals surface area (Å²) in [6.07, 6.45) is 1.77. The molecule has 1 aliphatic rings. The Morgan fingerprint density at radius 3 is 2.74 bits per heavy atom. The van der Waals surface area contributed by atoms with E-state index >= 15 is 0 Å². The van der Waals surface area contributed by atoms with Crippen LogP contribution in [0.3, 0.4) is 0 Å². The monoisotopic (exact) mass is 328 g/mol. The average molecular weight is 329 g/mol. The van der Waals surface area contributed by atoms with Crippen LogP contribution in [0.2, 0.25) is 0 Å². The number of nitrogens with zero attached hydrogens (tertiary/aromatic N) is 1. The lowest BCUT2D eigenvalue weighted by molar-refractivity contribution is -0.125. The molecule has 0 saturated carbocycles. The maximum Gasteiger partial charge on any atom is 0.222 e. The molecule has 1 saturated heterocycles. The topological polar surface area (TPSA) is 32.3 Å². The van der Waals surface area contributed by atoms with E-state index in [1.54, 1.807) is 7.05 Å². The summed E-state index contributed by atoms with van der Waals surface area (Å²) in [7, 11) is 1.68. The van der Waals surface area contributed by atoms with Gasteiger partial charge in [-0.3, -0.25) is 9.69 Å². The van der Waals surface area contributed by atoms with Gasteiger partial charge in [0.15, 0.2) is 0 Å². The van der Waals surface area contributed by atoms with Crippen molar-refractivity contribution in [1.29, 1.82) is 0 Å². The van der Waals surface area contributed by atoms with Crippen molar-refractivity contribution in [1.82, 2.24) is 10.2 Å². The van der Waals surface area contributed by atoms with Crippen molar-refractivity contribution in [3.63, 3.8) is 0 Å². The molecule has 1 amide bonds. The predicted octanol–water partition coefficient (Wildman–Crippen LogP) is 2.55. The van der Waals surface area contributed by atoms with Gasteiger partial charge >= 0.3 is 0 Å². The number of benzene rings is 1. The van der Waals surface area contributed by atoms with E-state index in [0.717, 1.165) is 42.5 Å². The third-order valence-corrected chi connectivity index (χ3v) is 4.35. The molecule has 0 bridgehead atoms. The number of hydrogen-bond acceptors (Lipinski definition) is 2. The summed E-state index contributed by atoms with van der Waals surface area (Å²) in [5, 5.41) is 2.71. The maximum atomic E-state index is 13.0. The van der Waals surface area contributed by atoms with Crippen LogP contribution in [-0.4, -0.2) is 30.9 Å². The number of carbonyl (C=O) groups is 1. The molecule has 5 heteroatoms. The van der Waals surface area contributed by atoms with Gasteiger partial charge in [0.25, 0.3) is 0 Å². The Hall–Kier alpha value is -0.940. The molecule has 0 unspecified atom stereocenters. The normalized spacial score (nSPS) is 17.4. The Bertz CT molecular complexity index is 459. The second-order valence-corrected chi connectivity index (χ2v) is 5.75. The minimum absolute atomic E-state index is 0.137. The van der Waals surface area contributed by atoms with Crippen LogP contribution >= 0.6 is 15.9 Å². The summed E-state index contributed by atoms with van der Waals surface area (Å²) in [5.74, 6) is 0.0504. The lowest BCUT2D eigenvalue weighted by Crippen LogP contribution is -2.39. The zero-order valence-corrected chi connectivity index (χ0v) is 12.5. The molecule has 104 valence electrons. The van der Waals surface area contributed by atoms with Gasteiger partial charge in [0.05, 0.1) is 0 Å². The second-order valence-electron chi connectivity index (χ2n) is 4.90. The Balaban J connectivity index is 1.90. The molecule has 1 heterocycles. The fraction of sp³-hybridized carbons (Fsp3) is 0.500. The molecule has 0 aromatic heterocycles. The molecule has 3 nitrogen and oxygen atoms in total. The SMILES string of the molecule is CNC(=O)C1CCN(Cc2ccc(F)cc2Br)CC1. The van der Waals surface area contributed by atoms with E-state index in [9.17, 15) is 9.18 Å². The number of amides is 1. The summed E-state index contributed by atoms with van der Waals surface area (Å²) in [5.41, 5.74) is 1.08. The zero-order valence-electron chi connectivity index (χ0n) is 11.0. The molecular formula is C14H18BrFN2O. The minimum atomic E-state index is -0.228. The molecule has 1 aliphatic heterocycles. The summed E-state index contributed by atoms with van der Waals surface area (Å²) >= 11 is 3.39. The third kappa shape index (κ3) is 3.76. The van der Waals surface area contributed by atoms with Crippen LogP contribution in [0.1, 0.15) is 18.4 Å². The van der Waals surface area contributed by atoms with E-state index in [0.29, 0.717) is 0 Å². The van der Waals surface area contributed by atoms with Gasteiger partial charge in [-0.2, -0.15) is 0 Å². The molecule has 2 rings (SSSR count). The van der Waals surface area contributed by atoms with Gasteiger partial charge in [-0.15, -0.1) is 0 Å². The van der Waals surface area contributed by atoms with Crippen LogP contribution in [0.4, 0.5) is 4.39 Å². The number of likely N-dealkylation sites (tertiary alicyclic amines) is 1. The van der Waals surface area contributed by atoms with Crippen molar-refractivity contribution in [3.8, 4) is 0 Å². The highest BCUT2D eigenvalue weighted by Crippen LogP contribution is 2.23.